The van der Waals surface area contributed by atoms with Crippen LogP contribution in [0, 0.1) is 12.7 Å². The molecule has 0 unspecified atom stereocenters. The Morgan fingerprint density at radius 2 is 2.25 bits per heavy atom. The van der Waals surface area contributed by atoms with Crippen molar-refractivity contribution in [3.05, 3.63) is 35.6 Å². The third-order valence-corrected chi connectivity index (χ3v) is 0.874. The highest BCUT2D eigenvalue weighted by Crippen LogP contribution is 2.01. The van der Waals surface area contributed by atoms with Crippen molar-refractivity contribution in [1.29, 1.82) is 0 Å². The van der Waals surface area contributed by atoms with Crippen LogP contribution in [0.2, 0.25) is 0 Å². The normalized spacial score (nSPS) is 16.4. The van der Waals surface area contributed by atoms with Crippen molar-refractivity contribution in [2.75, 3.05) is 0 Å². The molecule has 42 valence electrons. The topological polar surface area (TPSA) is 0 Å². The van der Waals surface area contributed by atoms with Gasteiger partial charge in [-0.2, -0.15) is 0 Å². The first-order valence-corrected chi connectivity index (χ1v) is 2.27. The Bertz CT molecular complexity index is 254. The average molecular weight is 113 g/mol. The maximum atomic E-state index is 12.7. The van der Waals surface area contributed by atoms with Crippen LogP contribution in [0.25, 0.3) is 0 Å². The molecule has 0 radical (unpaired) electrons. The van der Waals surface area contributed by atoms with Crippen molar-refractivity contribution in [2.45, 2.75) is 6.85 Å². The molecule has 0 aliphatic carbocycles. The fourth-order valence-corrected chi connectivity index (χ4v) is 0.461. The molecular weight excluding hydrogens is 103 g/mol. The Labute approximate surface area is 52.2 Å². The molecule has 0 saturated heterocycles. The Hall–Kier alpha value is -0.850. The lowest BCUT2D eigenvalue weighted by Crippen LogP contribution is -1.76. The molecule has 1 aromatic rings. The summed E-state index contributed by atoms with van der Waals surface area (Å²) in [6.07, 6.45) is 0. The lowest BCUT2D eigenvalue weighted by atomic mass is 10.2. The van der Waals surface area contributed by atoms with Crippen LogP contribution in [0.5, 0.6) is 0 Å². The molecule has 8 heavy (non-hydrogen) atoms. The molecule has 0 aliphatic rings. The van der Waals surface area contributed by atoms with Crippen LogP contribution in [0.3, 0.4) is 0 Å². The van der Waals surface area contributed by atoms with Gasteiger partial charge in [-0.1, -0.05) is 18.2 Å². The Morgan fingerprint density at radius 3 is 2.75 bits per heavy atom. The minimum atomic E-state index is -2.34. The molecular formula is C7H7F. The summed E-state index contributed by atoms with van der Waals surface area (Å²) in [5.74, 6) is -0.674. The number of benzene rings is 1. The second-order valence-corrected chi connectivity index (χ2v) is 1.48. The first-order chi connectivity index (χ1) is 5.02. The summed E-state index contributed by atoms with van der Waals surface area (Å²) < 4.78 is 33.4. The van der Waals surface area contributed by atoms with Gasteiger partial charge in [0.2, 0.25) is 0 Å². The van der Waals surface area contributed by atoms with Crippen molar-refractivity contribution in [2.24, 2.45) is 0 Å². The molecule has 0 heterocycles. The van der Waals surface area contributed by atoms with Gasteiger partial charge in [-0.25, -0.2) is 4.39 Å². The highest BCUT2D eigenvalue weighted by atomic mass is 19.1. The number of halogens is 1. The minimum Gasteiger partial charge on any atom is -0.207 e. The number of hydrogen-bond donors (Lipinski definition) is 0. The molecule has 1 heteroatoms. The van der Waals surface area contributed by atoms with Gasteiger partial charge < -0.3 is 0 Å². The van der Waals surface area contributed by atoms with Gasteiger partial charge in [-0.15, -0.1) is 0 Å². The van der Waals surface area contributed by atoms with Gasteiger partial charge in [0.25, 0.3) is 0 Å². The van der Waals surface area contributed by atoms with Crippen molar-refractivity contribution in [3.63, 3.8) is 0 Å². The zero-order valence-electron chi connectivity index (χ0n) is 7.19. The van der Waals surface area contributed by atoms with Crippen molar-refractivity contribution < 1.29 is 8.50 Å². The van der Waals surface area contributed by atoms with Crippen LogP contribution in [0.15, 0.2) is 24.3 Å². The third-order valence-electron chi connectivity index (χ3n) is 0.874. The molecule has 0 spiro atoms. The highest BCUT2D eigenvalue weighted by Gasteiger charge is 1.88. The predicted octanol–water partition coefficient (Wildman–Crippen LogP) is 2.13. The summed E-state index contributed by atoms with van der Waals surface area (Å²) in [6, 6.07) is 5.37. The predicted molar refractivity (Wildman–Crippen MR) is 31.1 cm³/mol. The standard InChI is InChI=1S/C7H7F/c1-6-4-2-3-5-7(6)8/h2-5H,1H3/i1D3. The molecule has 1 rings (SSSR count). The SMILES string of the molecule is [2H]C([2H])([2H])c1ccccc1F. The van der Waals surface area contributed by atoms with Crippen LogP contribution in [-0.4, -0.2) is 0 Å². The smallest absolute Gasteiger partial charge is 0.126 e. The summed E-state index contributed by atoms with van der Waals surface area (Å²) >= 11 is 0. The summed E-state index contributed by atoms with van der Waals surface area (Å²) in [5.41, 5.74) is -0.222. The molecule has 0 aliphatic heterocycles. The third kappa shape index (κ3) is 0.861. The average Bonchev–Trinajstić information content (AvgIpc) is 1.86. The van der Waals surface area contributed by atoms with E-state index in [1.54, 1.807) is 0 Å². The molecule has 0 N–H and O–H groups in total. The van der Waals surface area contributed by atoms with Gasteiger partial charge in [0, 0.05) is 4.11 Å². The second-order valence-electron chi connectivity index (χ2n) is 1.48. The van der Waals surface area contributed by atoms with Gasteiger partial charge in [0.15, 0.2) is 0 Å². The molecule has 0 fully saturated rings. The Balaban J connectivity index is 3.14. The van der Waals surface area contributed by atoms with E-state index in [1.807, 2.05) is 0 Å². The van der Waals surface area contributed by atoms with E-state index in [4.69, 9.17) is 4.11 Å². The molecule has 0 bridgehead atoms. The summed E-state index contributed by atoms with van der Waals surface area (Å²) in [5, 5.41) is 0. The van der Waals surface area contributed by atoms with Gasteiger partial charge >= 0.3 is 0 Å². The largest absolute Gasteiger partial charge is 0.207 e. The number of hydrogen-bond acceptors (Lipinski definition) is 0. The summed E-state index contributed by atoms with van der Waals surface area (Å²) in [4.78, 5) is 0. The van der Waals surface area contributed by atoms with E-state index in [-0.39, 0.29) is 5.56 Å². The first kappa shape index (κ1) is 2.62. The zero-order valence-corrected chi connectivity index (χ0v) is 4.19. The fraction of sp³-hybridized carbons (Fsp3) is 0.143. The molecule has 0 atom stereocenters. The lowest BCUT2D eigenvalue weighted by molar-refractivity contribution is 0.618. The van der Waals surface area contributed by atoms with Crippen molar-refractivity contribution in [3.8, 4) is 0 Å². The zero-order chi connectivity index (χ0) is 8.48. The van der Waals surface area contributed by atoms with Crippen LogP contribution < -0.4 is 0 Å². The quantitative estimate of drug-likeness (QED) is 0.483. The van der Waals surface area contributed by atoms with E-state index in [0.717, 1.165) is 6.07 Å². The van der Waals surface area contributed by atoms with Gasteiger partial charge in [0.05, 0.1) is 0 Å². The number of aryl methyl sites for hydroxylation is 1. The van der Waals surface area contributed by atoms with Gasteiger partial charge in [-0.05, 0) is 18.5 Å². The highest BCUT2D eigenvalue weighted by molar-refractivity contribution is 5.14. The van der Waals surface area contributed by atoms with E-state index >= 15 is 0 Å². The maximum Gasteiger partial charge on any atom is 0.126 e. The molecule has 0 amide bonds. The fourth-order valence-electron chi connectivity index (χ4n) is 0.461. The lowest BCUT2D eigenvalue weighted by Gasteiger charge is -1.89. The van der Waals surface area contributed by atoms with E-state index < -0.39 is 12.7 Å². The van der Waals surface area contributed by atoms with Crippen LogP contribution in [-0.2, 0) is 0 Å². The van der Waals surface area contributed by atoms with E-state index in [9.17, 15) is 4.39 Å². The van der Waals surface area contributed by atoms with Gasteiger partial charge in [-0.3, -0.25) is 0 Å². The van der Waals surface area contributed by atoms with E-state index in [0.29, 0.717) is 0 Å². The Kier molecular flexibility index (Phi) is 0.639. The van der Waals surface area contributed by atoms with E-state index in [2.05, 4.69) is 0 Å². The van der Waals surface area contributed by atoms with Crippen LogP contribution in [0.4, 0.5) is 4.39 Å². The monoisotopic (exact) mass is 113 g/mol. The minimum absolute atomic E-state index is 0.222. The summed E-state index contributed by atoms with van der Waals surface area (Å²) in [7, 11) is 0. The molecule has 0 nitrogen and oxygen atoms in total. The number of rotatable bonds is 0. The molecule has 1 aromatic carbocycles. The van der Waals surface area contributed by atoms with Crippen molar-refractivity contribution >= 4 is 0 Å². The van der Waals surface area contributed by atoms with Gasteiger partial charge in [0.1, 0.15) is 5.82 Å². The second kappa shape index (κ2) is 1.95. The summed E-state index contributed by atoms with van der Waals surface area (Å²) in [6.45, 7) is -2.34. The van der Waals surface area contributed by atoms with Crippen molar-refractivity contribution in [1.82, 2.24) is 0 Å². The molecule has 0 saturated carbocycles. The first-order valence-electron chi connectivity index (χ1n) is 3.77. The van der Waals surface area contributed by atoms with Crippen LogP contribution in [0.1, 0.15) is 9.68 Å². The molecule has 0 aromatic heterocycles. The Morgan fingerprint density at radius 1 is 1.50 bits per heavy atom. The van der Waals surface area contributed by atoms with E-state index in [1.165, 1.54) is 18.2 Å². The maximum absolute atomic E-state index is 12.7. The van der Waals surface area contributed by atoms with Crippen LogP contribution >= 0.6 is 0 Å².